The Kier molecular flexibility index (Phi) is 3.58. The van der Waals surface area contributed by atoms with Crippen LogP contribution >= 0.6 is 0 Å². The first-order valence-corrected chi connectivity index (χ1v) is 7.49. The highest BCUT2D eigenvalue weighted by molar-refractivity contribution is 5.31. The summed E-state index contributed by atoms with van der Waals surface area (Å²) in [4.78, 5) is 0. The van der Waals surface area contributed by atoms with Gasteiger partial charge >= 0.3 is 0 Å². The van der Waals surface area contributed by atoms with E-state index in [0.29, 0.717) is 5.92 Å². The van der Waals surface area contributed by atoms with Crippen molar-refractivity contribution in [3.63, 3.8) is 0 Å². The van der Waals surface area contributed by atoms with E-state index in [2.05, 4.69) is 12.1 Å². The van der Waals surface area contributed by atoms with E-state index in [-0.39, 0.29) is 17.2 Å². The lowest BCUT2D eigenvalue weighted by molar-refractivity contribution is 0.0770. The highest BCUT2D eigenvalue weighted by Crippen LogP contribution is 2.53. The average molecular weight is 284 g/mol. The Labute approximate surface area is 125 Å². The molecule has 0 bridgehead atoms. The summed E-state index contributed by atoms with van der Waals surface area (Å²) in [6, 6.07) is 16.8. The zero-order chi connectivity index (χ0) is 15.0. The van der Waals surface area contributed by atoms with Crippen LogP contribution in [-0.4, -0.2) is 11.2 Å². The van der Waals surface area contributed by atoms with Crippen LogP contribution in [0.25, 0.3) is 0 Å². The molecule has 1 N–H and O–H groups in total. The van der Waals surface area contributed by atoms with Crippen molar-refractivity contribution >= 4 is 0 Å². The second-order valence-corrected chi connectivity index (χ2v) is 6.59. The Bertz CT molecular complexity index is 603. The van der Waals surface area contributed by atoms with Gasteiger partial charge in [0.2, 0.25) is 0 Å². The highest BCUT2D eigenvalue weighted by atomic mass is 19.1. The summed E-state index contributed by atoms with van der Waals surface area (Å²) in [6.07, 6.45) is 0.601. The normalized spacial score (nSPS) is 22.9. The molecule has 0 radical (unpaired) electrons. The lowest BCUT2D eigenvalue weighted by Crippen LogP contribution is -2.35. The maximum absolute atomic E-state index is 13.1. The predicted molar refractivity (Wildman–Crippen MR) is 82.7 cm³/mol. The fourth-order valence-electron chi connectivity index (χ4n) is 3.23. The van der Waals surface area contributed by atoms with Gasteiger partial charge in [0.15, 0.2) is 0 Å². The van der Waals surface area contributed by atoms with Gasteiger partial charge in [-0.3, -0.25) is 0 Å². The Hall–Kier alpha value is -1.67. The first-order valence-electron chi connectivity index (χ1n) is 7.49. The zero-order valence-electron chi connectivity index (χ0n) is 12.5. The van der Waals surface area contributed by atoms with Crippen molar-refractivity contribution < 1.29 is 9.50 Å². The minimum atomic E-state index is -0.423. The van der Waals surface area contributed by atoms with Crippen LogP contribution < -0.4 is 0 Å². The first kappa shape index (κ1) is 14.3. The molecule has 0 heterocycles. The van der Waals surface area contributed by atoms with Crippen molar-refractivity contribution in [2.24, 2.45) is 5.92 Å². The molecular weight excluding hydrogens is 263 g/mol. The number of benzene rings is 2. The summed E-state index contributed by atoms with van der Waals surface area (Å²) in [5.74, 6) is 0.492. The molecule has 0 spiro atoms. The first-order chi connectivity index (χ1) is 10.00. The number of halogens is 1. The minimum absolute atomic E-state index is 0.238. The predicted octanol–water partition coefficient (Wildman–Crippen LogP) is 4.27. The molecule has 1 aliphatic rings. The van der Waals surface area contributed by atoms with Crippen LogP contribution in [0.2, 0.25) is 0 Å². The van der Waals surface area contributed by atoms with E-state index in [9.17, 15) is 9.50 Å². The fourth-order valence-corrected chi connectivity index (χ4v) is 3.23. The van der Waals surface area contributed by atoms with Crippen molar-refractivity contribution in [1.82, 2.24) is 0 Å². The van der Waals surface area contributed by atoms with Crippen LogP contribution in [0.3, 0.4) is 0 Å². The van der Waals surface area contributed by atoms with E-state index in [4.69, 9.17) is 0 Å². The average Bonchev–Trinajstić information content (AvgIpc) is 3.28. The molecule has 0 aromatic heterocycles. The molecule has 3 unspecified atom stereocenters. The molecule has 1 fully saturated rings. The lowest BCUT2D eigenvalue weighted by Gasteiger charge is -2.31. The van der Waals surface area contributed by atoms with Crippen molar-refractivity contribution in [3.05, 3.63) is 71.5 Å². The summed E-state index contributed by atoms with van der Waals surface area (Å²) in [5.41, 5.74) is 1.91. The molecular formula is C19H21FO. The van der Waals surface area contributed by atoms with Gasteiger partial charge in [0.25, 0.3) is 0 Å². The van der Waals surface area contributed by atoms with E-state index in [1.165, 1.54) is 17.7 Å². The summed E-state index contributed by atoms with van der Waals surface area (Å²) < 4.78 is 13.1. The standard InChI is InChI=1S/C19H21FO/c1-19(2,14-8-10-15(20)11-9-14)18(21)17-12-16(17)13-6-4-3-5-7-13/h3-11,16-18,21H,12H2,1-2H3. The maximum Gasteiger partial charge on any atom is 0.123 e. The van der Waals surface area contributed by atoms with E-state index in [1.807, 2.05) is 32.0 Å². The van der Waals surface area contributed by atoms with E-state index in [0.717, 1.165) is 12.0 Å². The van der Waals surface area contributed by atoms with Gasteiger partial charge in [-0.25, -0.2) is 4.39 Å². The molecule has 2 aromatic rings. The second-order valence-electron chi connectivity index (χ2n) is 6.59. The molecule has 1 aliphatic carbocycles. The van der Waals surface area contributed by atoms with Crippen LogP contribution in [0.4, 0.5) is 4.39 Å². The zero-order valence-corrected chi connectivity index (χ0v) is 12.5. The molecule has 0 aliphatic heterocycles. The van der Waals surface area contributed by atoms with Crippen molar-refractivity contribution in [2.75, 3.05) is 0 Å². The molecule has 1 nitrogen and oxygen atoms in total. The number of hydrogen-bond acceptors (Lipinski definition) is 1. The Morgan fingerprint density at radius 2 is 1.67 bits per heavy atom. The van der Waals surface area contributed by atoms with Crippen molar-refractivity contribution in [3.8, 4) is 0 Å². The van der Waals surface area contributed by atoms with Crippen LogP contribution in [0.1, 0.15) is 37.3 Å². The summed E-state index contributed by atoms with van der Waals surface area (Å²) in [5, 5.41) is 10.8. The molecule has 21 heavy (non-hydrogen) atoms. The van der Waals surface area contributed by atoms with Crippen LogP contribution in [0.5, 0.6) is 0 Å². The van der Waals surface area contributed by atoms with Gasteiger partial charge in [-0.1, -0.05) is 56.3 Å². The van der Waals surface area contributed by atoms with Crippen molar-refractivity contribution in [1.29, 1.82) is 0 Å². The second kappa shape index (κ2) is 5.27. The van der Waals surface area contributed by atoms with Gasteiger partial charge in [-0.2, -0.15) is 0 Å². The molecule has 3 rings (SSSR count). The van der Waals surface area contributed by atoms with Crippen LogP contribution in [0.15, 0.2) is 54.6 Å². The Morgan fingerprint density at radius 3 is 2.29 bits per heavy atom. The minimum Gasteiger partial charge on any atom is -0.392 e. The third kappa shape index (κ3) is 2.73. The molecule has 0 amide bonds. The van der Waals surface area contributed by atoms with E-state index >= 15 is 0 Å². The highest BCUT2D eigenvalue weighted by Gasteiger charge is 2.48. The topological polar surface area (TPSA) is 20.2 Å². The summed E-state index contributed by atoms with van der Waals surface area (Å²) in [6.45, 7) is 4.07. The molecule has 110 valence electrons. The lowest BCUT2D eigenvalue weighted by atomic mass is 9.77. The van der Waals surface area contributed by atoms with Gasteiger partial charge in [-0.05, 0) is 41.5 Å². The molecule has 2 aromatic carbocycles. The Balaban J connectivity index is 1.76. The quantitative estimate of drug-likeness (QED) is 0.889. The number of hydrogen-bond donors (Lipinski definition) is 1. The molecule has 3 atom stereocenters. The summed E-state index contributed by atoms with van der Waals surface area (Å²) >= 11 is 0. The van der Waals surface area contributed by atoms with Gasteiger partial charge in [0.05, 0.1) is 6.10 Å². The van der Waals surface area contributed by atoms with Crippen LogP contribution in [-0.2, 0) is 5.41 Å². The van der Waals surface area contributed by atoms with Gasteiger partial charge in [0, 0.05) is 5.41 Å². The van der Waals surface area contributed by atoms with E-state index < -0.39 is 6.10 Å². The summed E-state index contributed by atoms with van der Waals surface area (Å²) in [7, 11) is 0. The molecule has 1 saturated carbocycles. The Morgan fingerprint density at radius 1 is 1.05 bits per heavy atom. The molecule has 2 heteroatoms. The SMILES string of the molecule is CC(C)(c1ccc(F)cc1)C(O)C1CC1c1ccccc1. The van der Waals surface area contributed by atoms with Gasteiger partial charge in [-0.15, -0.1) is 0 Å². The van der Waals surface area contributed by atoms with Crippen LogP contribution in [0, 0.1) is 11.7 Å². The van der Waals surface area contributed by atoms with Crippen molar-refractivity contribution in [2.45, 2.75) is 37.7 Å². The maximum atomic E-state index is 13.1. The monoisotopic (exact) mass is 284 g/mol. The third-order valence-electron chi connectivity index (χ3n) is 4.80. The van der Waals surface area contributed by atoms with E-state index in [1.54, 1.807) is 12.1 Å². The molecule has 0 saturated heterocycles. The number of aliphatic hydroxyl groups is 1. The largest absolute Gasteiger partial charge is 0.392 e. The van der Waals surface area contributed by atoms with Gasteiger partial charge in [0.1, 0.15) is 5.82 Å². The number of aliphatic hydroxyl groups excluding tert-OH is 1. The fraction of sp³-hybridized carbons (Fsp3) is 0.368. The third-order valence-corrected chi connectivity index (χ3v) is 4.80. The van der Waals surface area contributed by atoms with Gasteiger partial charge < -0.3 is 5.11 Å². The number of rotatable bonds is 4. The smallest absolute Gasteiger partial charge is 0.123 e.